The zero-order valence-corrected chi connectivity index (χ0v) is 44.6. The van der Waals surface area contributed by atoms with Gasteiger partial charge in [-0.2, -0.15) is 0 Å². The molecule has 6 fully saturated rings. The van der Waals surface area contributed by atoms with Crippen LogP contribution in [0.2, 0.25) is 0 Å². The van der Waals surface area contributed by atoms with Crippen LogP contribution in [0.3, 0.4) is 0 Å². The van der Waals surface area contributed by atoms with Gasteiger partial charge >= 0.3 is 0 Å². The van der Waals surface area contributed by atoms with Gasteiger partial charge in [0.25, 0.3) is 0 Å². The van der Waals surface area contributed by atoms with E-state index in [1.54, 1.807) is 0 Å². The van der Waals surface area contributed by atoms with E-state index in [1.165, 1.54) is 71.1 Å². The average Bonchev–Trinajstić information content (AvgIpc) is 3.99. The molecule has 63 heavy (non-hydrogen) atoms. The molecule has 0 amide bonds. The van der Waals surface area contributed by atoms with Crippen molar-refractivity contribution in [1.82, 2.24) is 24.5 Å². The number of nitrogens with two attached hydrogens (primary N) is 5. The van der Waals surface area contributed by atoms with Crippen LogP contribution in [0, 0.1) is 23.7 Å². The Morgan fingerprint density at radius 2 is 0.810 bits per heavy atom. The summed E-state index contributed by atoms with van der Waals surface area (Å²) in [6, 6.07) is 1.07. The lowest BCUT2D eigenvalue weighted by Gasteiger charge is -2.46. The number of aliphatic hydroxyl groups excluding tert-OH is 2. The predicted octanol–water partition coefficient (Wildman–Crippen LogP) is 5.50. The molecule has 0 aromatic carbocycles. The number of piperidine rings is 4. The molecule has 10 unspecified atom stereocenters. The molecule has 1 aliphatic carbocycles. The van der Waals surface area contributed by atoms with Gasteiger partial charge in [-0.3, -0.25) is 24.5 Å². The highest BCUT2D eigenvalue weighted by atomic mass is 16.3. The highest BCUT2D eigenvalue weighted by Crippen LogP contribution is 2.42. The van der Waals surface area contributed by atoms with Gasteiger partial charge in [-0.25, -0.2) is 0 Å². The summed E-state index contributed by atoms with van der Waals surface area (Å²) in [5.41, 5.74) is 30.9. The second-order valence-electron chi connectivity index (χ2n) is 26.0. The molecule has 12 N–H and O–H groups in total. The van der Waals surface area contributed by atoms with Crippen LogP contribution in [0.4, 0.5) is 0 Å². The van der Waals surface area contributed by atoms with Gasteiger partial charge in [-0.05, 0) is 186 Å². The van der Waals surface area contributed by atoms with Crippen molar-refractivity contribution in [3.8, 4) is 0 Å². The maximum Gasteiger partial charge on any atom is 0.0746 e. The van der Waals surface area contributed by atoms with Crippen LogP contribution in [0.15, 0.2) is 0 Å². The molecule has 0 aromatic rings. The molecule has 0 radical (unpaired) electrons. The molecule has 0 spiro atoms. The lowest BCUT2D eigenvalue weighted by molar-refractivity contribution is -0.0303. The van der Waals surface area contributed by atoms with Gasteiger partial charge in [0.15, 0.2) is 0 Å². The Balaban J connectivity index is 0.000000272. The Morgan fingerprint density at radius 1 is 0.397 bits per heavy atom. The molecule has 5 heterocycles. The van der Waals surface area contributed by atoms with Crippen LogP contribution < -0.4 is 28.7 Å². The van der Waals surface area contributed by atoms with Crippen molar-refractivity contribution in [1.29, 1.82) is 0 Å². The molecule has 12 nitrogen and oxygen atoms in total. The Bertz CT molecular complexity index is 1240. The predicted molar refractivity (Wildman–Crippen MR) is 271 cm³/mol. The maximum absolute atomic E-state index is 10.1. The molecule has 376 valence electrons. The van der Waals surface area contributed by atoms with E-state index >= 15 is 0 Å². The molecule has 6 aliphatic rings. The first-order valence-electron chi connectivity index (χ1n) is 25.5. The molecular weight excluding hydrogens is 785 g/mol. The third-order valence-corrected chi connectivity index (χ3v) is 14.6. The van der Waals surface area contributed by atoms with E-state index in [0.29, 0.717) is 35.1 Å². The summed E-state index contributed by atoms with van der Waals surface area (Å²) >= 11 is 0. The third-order valence-electron chi connectivity index (χ3n) is 14.6. The van der Waals surface area contributed by atoms with Crippen LogP contribution in [-0.4, -0.2) is 170 Å². The first kappa shape index (κ1) is 58.6. The van der Waals surface area contributed by atoms with Gasteiger partial charge in [-0.1, -0.05) is 13.8 Å². The summed E-state index contributed by atoms with van der Waals surface area (Å²) in [6.45, 7) is 48.5. The Kier molecular flexibility index (Phi) is 23.0. The van der Waals surface area contributed by atoms with E-state index in [9.17, 15) is 10.2 Å². The van der Waals surface area contributed by atoms with E-state index in [4.69, 9.17) is 28.7 Å². The zero-order valence-electron chi connectivity index (χ0n) is 44.6. The second kappa shape index (κ2) is 24.7. The van der Waals surface area contributed by atoms with Crippen molar-refractivity contribution < 1.29 is 10.2 Å². The van der Waals surface area contributed by atoms with Gasteiger partial charge in [0.1, 0.15) is 0 Å². The second-order valence-corrected chi connectivity index (χ2v) is 26.0. The van der Waals surface area contributed by atoms with Gasteiger partial charge in [0.2, 0.25) is 0 Å². The molecule has 5 saturated heterocycles. The van der Waals surface area contributed by atoms with Crippen LogP contribution in [0.25, 0.3) is 0 Å². The first-order chi connectivity index (χ1) is 28.6. The minimum atomic E-state index is -0.335. The molecule has 12 heteroatoms. The standard InChI is InChI=1S/C12H24N2O.C10H22N2O.2C10H22N2.C9H20N2/c1-12(2,3)14-6-9(8-4-5-8)11(15)10(13)7-14;1-7-5-12(10(2,3)4)6-8(11)9(7)13;1-8-5-9(11)7-12(6-8)10(2,3)4;1-10(2,3)12-7-4-5-9(11)6-8-12;1-9(2,3)11-6-4-5-8(10)7-11/h8-11,15H,4-7,13H2,1-3H3;7-9,13H,5-6,11H2,1-4H3;8-9H,5-7,11H2,1-4H3;9H,4-8,11H2,1-3H3;8H,4-7,10H2,1-3H3. The van der Waals surface area contributed by atoms with Crippen LogP contribution in [0.5, 0.6) is 0 Å². The monoisotopic (exact) mass is 895 g/mol. The van der Waals surface area contributed by atoms with Crippen LogP contribution in [-0.2, 0) is 0 Å². The summed E-state index contributed by atoms with van der Waals surface area (Å²) in [5.74, 6) is 2.18. The van der Waals surface area contributed by atoms with E-state index in [2.05, 4.69) is 142 Å². The summed E-state index contributed by atoms with van der Waals surface area (Å²) in [7, 11) is 0. The van der Waals surface area contributed by atoms with Gasteiger partial charge < -0.3 is 38.9 Å². The summed E-state index contributed by atoms with van der Waals surface area (Å²) in [5, 5.41) is 19.8. The molecule has 5 aliphatic heterocycles. The maximum atomic E-state index is 10.1. The molecule has 6 rings (SSSR count). The van der Waals surface area contributed by atoms with Crippen LogP contribution in [0.1, 0.15) is 169 Å². The lowest BCUT2D eigenvalue weighted by atomic mass is 9.85. The summed E-state index contributed by atoms with van der Waals surface area (Å²) < 4.78 is 0. The fourth-order valence-corrected chi connectivity index (χ4v) is 9.84. The number of likely N-dealkylation sites (tertiary alicyclic amines) is 5. The number of aliphatic hydroxyl groups is 2. The minimum absolute atomic E-state index is 0.0661. The summed E-state index contributed by atoms with van der Waals surface area (Å²) in [4.78, 5) is 12.3. The molecule has 1 saturated carbocycles. The summed E-state index contributed by atoms with van der Waals surface area (Å²) in [6.07, 6.45) is 9.23. The fourth-order valence-electron chi connectivity index (χ4n) is 9.84. The SMILES string of the molecule is CC(C)(C)N1CC(N)C(O)C(C2CC2)C1.CC(C)(C)N1CCCC(N)C1.CC(C)(C)N1CCCC(N)CC1.CC1CC(N)CN(C(C)(C)C)C1.CC1CN(C(C)(C)C)CC(N)C1O. The zero-order chi connectivity index (χ0) is 48.5. The van der Waals surface area contributed by atoms with E-state index in [-0.39, 0.29) is 46.8 Å². The van der Waals surface area contributed by atoms with E-state index < -0.39 is 0 Å². The first-order valence-corrected chi connectivity index (χ1v) is 25.5. The smallest absolute Gasteiger partial charge is 0.0746 e. The van der Waals surface area contributed by atoms with Gasteiger partial charge in [-0.15, -0.1) is 0 Å². The van der Waals surface area contributed by atoms with Crippen molar-refractivity contribution in [3.05, 3.63) is 0 Å². The Morgan fingerprint density at radius 3 is 1.24 bits per heavy atom. The molecule has 10 atom stereocenters. The van der Waals surface area contributed by atoms with E-state index in [1.807, 2.05) is 0 Å². The molecular formula is C51H110N10O2. The number of nitrogens with zero attached hydrogens (tertiary/aromatic N) is 5. The average molecular weight is 896 g/mol. The van der Waals surface area contributed by atoms with Gasteiger partial charge in [0, 0.05) is 116 Å². The van der Waals surface area contributed by atoms with E-state index in [0.717, 1.165) is 57.5 Å². The minimum Gasteiger partial charge on any atom is -0.391 e. The van der Waals surface area contributed by atoms with Crippen molar-refractivity contribution in [3.63, 3.8) is 0 Å². The number of rotatable bonds is 1. The highest BCUT2D eigenvalue weighted by Gasteiger charge is 2.44. The fraction of sp³-hybridized carbons (Fsp3) is 1.00. The molecule has 0 aromatic heterocycles. The Labute approximate surface area is 390 Å². The Hall–Kier alpha value is -0.480. The lowest BCUT2D eigenvalue weighted by Crippen LogP contribution is -2.61. The molecule has 0 bridgehead atoms. The van der Waals surface area contributed by atoms with Crippen molar-refractivity contribution >= 4 is 0 Å². The van der Waals surface area contributed by atoms with Crippen molar-refractivity contribution in [2.45, 2.75) is 239 Å². The highest BCUT2D eigenvalue weighted by molar-refractivity contribution is 4.99. The third kappa shape index (κ3) is 21.1. The quantitative estimate of drug-likeness (QED) is 0.176. The van der Waals surface area contributed by atoms with Crippen LogP contribution >= 0.6 is 0 Å². The number of hydrogen-bond acceptors (Lipinski definition) is 12. The normalized spacial score (nSPS) is 34.1. The topological polar surface area (TPSA) is 187 Å². The van der Waals surface area contributed by atoms with Gasteiger partial charge in [0.05, 0.1) is 12.2 Å². The largest absolute Gasteiger partial charge is 0.391 e. The van der Waals surface area contributed by atoms with Crippen molar-refractivity contribution in [2.24, 2.45) is 52.3 Å². The van der Waals surface area contributed by atoms with Crippen molar-refractivity contribution in [2.75, 3.05) is 65.4 Å². The number of hydrogen-bond donors (Lipinski definition) is 7.